The third kappa shape index (κ3) is 5.63. The molecule has 1 aliphatic rings. The van der Waals surface area contributed by atoms with Crippen molar-refractivity contribution < 1.29 is 14.7 Å². The minimum absolute atomic E-state index is 0.150. The van der Waals surface area contributed by atoms with Crippen molar-refractivity contribution in [2.45, 2.75) is 25.4 Å². The van der Waals surface area contributed by atoms with Gasteiger partial charge in [-0.1, -0.05) is 35.3 Å². The molecule has 0 saturated carbocycles. The van der Waals surface area contributed by atoms with Crippen LogP contribution in [0.15, 0.2) is 48.5 Å². The van der Waals surface area contributed by atoms with Crippen molar-refractivity contribution in [3.63, 3.8) is 0 Å². The van der Waals surface area contributed by atoms with Crippen molar-refractivity contribution in [2.75, 3.05) is 25.0 Å². The van der Waals surface area contributed by atoms with Crippen LogP contribution < -0.4 is 5.32 Å². The molecule has 1 fully saturated rings. The molecule has 2 aromatic carbocycles. The molecule has 0 aliphatic carbocycles. The lowest BCUT2D eigenvalue weighted by Crippen LogP contribution is -2.49. The second kappa shape index (κ2) is 9.96. The maximum Gasteiger partial charge on any atom is 0.322 e. The number of aliphatic hydroxyl groups is 1. The first-order valence-electron chi connectivity index (χ1n) is 9.45. The van der Waals surface area contributed by atoms with Crippen molar-refractivity contribution in [3.05, 3.63) is 64.1 Å². The van der Waals surface area contributed by atoms with Crippen molar-refractivity contribution in [3.8, 4) is 0 Å². The molecule has 1 atom stereocenters. The van der Waals surface area contributed by atoms with Crippen molar-refractivity contribution in [1.29, 1.82) is 0 Å². The Balaban J connectivity index is 1.69. The summed E-state index contributed by atoms with van der Waals surface area (Å²) in [6.07, 6.45) is 1.34. The molecule has 3 rings (SSSR count). The standard InChI is InChI=1S/C21H23Cl2N3O3/c22-16-5-3-15(4-6-16)14-25(12-13-27)20(28)19-2-1-11-26(19)21(29)24-18-9-7-17(23)8-10-18/h3-10,19,27H,1-2,11-14H2,(H,24,29)/t19-/m1/s1. The average molecular weight is 436 g/mol. The van der Waals surface area contributed by atoms with E-state index in [1.165, 1.54) is 0 Å². The number of carbonyl (C=O) groups excluding carboxylic acids is 2. The number of nitrogens with one attached hydrogen (secondary N) is 1. The van der Waals surface area contributed by atoms with Crippen LogP contribution in [0.1, 0.15) is 18.4 Å². The predicted octanol–water partition coefficient (Wildman–Crippen LogP) is 4.01. The van der Waals surface area contributed by atoms with Gasteiger partial charge in [0.2, 0.25) is 5.91 Å². The van der Waals surface area contributed by atoms with E-state index in [0.29, 0.717) is 35.2 Å². The van der Waals surface area contributed by atoms with E-state index in [0.717, 1.165) is 12.0 Å². The maximum atomic E-state index is 13.2. The number of halogens is 2. The summed E-state index contributed by atoms with van der Waals surface area (Å²) in [5.41, 5.74) is 1.53. The minimum Gasteiger partial charge on any atom is -0.395 e. The van der Waals surface area contributed by atoms with E-state index < -0.39 is 6.04 Å². The van der Waals surface area contributed by atoms with Gasteiger partial charge in [0.25, 0.3) is 0 Å². The van der Waals surface area contributed by atoms with E-state index in [9.17, 15) is 14.7 Å². The molecule has 1 heterocycles. The Labute approximate surface area is 180 Å². The summed E-state index contributed by atoms with van der Waals surface area (Å²) in [4.78, 5) is 29.0. The van der Waals surface area contributed by atoms with Crippen molar-refractivity contribution in [2.24, 2.45) is 0 Å². The van der Waals surface area contributed by atoms with Crippen LogP contribution in [0.2, 0.25) is 10.0 Å². The van der Waals surface area contributed by atoms with Gasteiger partial charge < -0.3 is 20.2 Å². The van der Waals surface area contributed by atoms with Gasteiger partial charge in [-0.15, -0.1) is 0 Å². The lowest BCUT2D eigenvalue weighted by atomic mass is 10.1. The molecule has 0 aromatic heterocycles. The average Bonchev–Trinajstić information content (AvgIpc) is 3.20. The molecule has 8 heteroatoms. The van der Waals surface area contributed by atoms with Crippen LogP contribution in [0, 0.1) is 0 Å². The zero-order valence-electron chi connectivity index (χ0n) is 15.9. The maximum absolute atomic E-state index is 13.2. The van der Waals surface area contributed by atoms with Gasteiger partial charge in [-0.05, 0) is 54.8 Å². The number of hydrogen-bond acceptors (Lipinski definition) is 3. The number of urea groups is 1. The van der Waals surface area contributed by atoms with Crippen molar-refractivity contribution in [1.82, 2.24) is 9.80 Å². The summed E-state index contributed by atoms with van der Waals surface area (Å²) in [5, 5.41) is 13.4. The molecular formula is C21H23Cl2N3O3. The van der Waals surface area contributed by atoms with E-state index in [1.54, 1.807) is 46.2 Å². The van der Waals surface area contributed by atoms with Gasteiger partial charge in [0, 0.05) is 35.4 Å². The molecular weight excluding hydrogens is 413 g/mol. The summed E-state index contributed by atoms with van der Waals surface area (Å²) in [6, 6.07) is 13.2. The van der Waals surface area contributed by atoms with Crippen LogP contribution in [0.4, 0.5) is 10.5 Å². The van der Waals surface area contributed by atoms with Crippen LogP contribution in [-0.4, -0.2) is 52.6 Å². The Bertz CT molecular complexity index is 843. The highest BCUT2D eigenvalue weighted by Crippen LogP contribution is 2.23. The van der Waals surface area contributed by atoms with Crippen LogP contribution in [0.3, 0.4) is 0 Å². The lowest BCUT2D eigenvalue weighted by Gasteiger charge is -2.30. The number of nitrogens with zero attached hydrogens (tertiary/aromatic N) is 2. The first-order valence-corrected chi connectivity index (χ1v) is 10.2. The fourth-order valence-electron chi connectivity index (χ4n) is 3.40. The second-order valence-electron chi connectivity index (χ2n) is 6.90. The third-order valence-corrected chi connectivity index (χ3v) is 5.37. The number of rotatable bonds is 6. The Kier molecular flexibility index (Phi) is 7.36. The fraction of sp³-hybridized carbons (Fsp3) is 0.333. The second-order valence-corrected chi connectivity index (χ2v) is 7.77. The molecule has 0 spiro atoms. The van der Waals surface area contributed by atoms with Crippen LogP contribution in [-0.2, 0) is 11.3 Å². The first-order chi connectivity index (χ1) is 14.0. The Morgan fingerprint density at radius 1 is 1.07 bits per heavy atom. The summed E-state index contributed by atoms with van der Waals surface area (Å²) in [6.45, 7) is 0.900. The number of carbonyl (C=O) groups is 2. The molecule has 2 aromatic rings. The molecule has 6 nitrogen and oxygen atoms in total. The number of anilines is 1. The zero-order valence-corrected chi connectivity index (χ0v) is 17.4. The van der Waals surface area contributed by atoms with E-state index >= 15 is 0 Å². The van der Waals surface area contributed by atoms with Crippen LogP contribution >= 0.6 is 23.2 Å². The number of aliphatic hydroxyl groups excluding tert-OH is 1. The summed E-state index contributed by atoms with van der Waals surface area (Å²) < 4.78 is 0. The fourth-order valence-corrected chi connectivity index (χ4v) is 3.66. The third-order valence-electron chi connectivity index (χ3n) is 4.86. The van der Waals surface area contributed by atoms with E-state index in [4.69, 9.17) is 23.2 Å². The van der Waals surface area contributed by atoms with Gasteiger partial charge in [0.1, 0.15) is 6.04 Å². The highest BCUT2D eigenvalue weighted by Gasteiger charge is 2.36. The zero-order chi connectivity index (χ0) is 20.8. The molecule has 154 valence electrons. The SMILES string of the molecule is O=C([C@H]1CCCN1C(=O)Nc1ccc(Cl)cc1)N(CCO)Cc1ccc(Cl)cc1. The molecule has 0 unspecified atom stereocenters. The molecule has 0 radical (unpaired) electrons. The smallest absolute Gasteiger partial charge is 0.322 e. The monoisotopic (exact) mass is 435 g/mol. The first kappa shape index (κ1) is 21.4. The highest BCUT2D eigenvalue weighted by molar-refractivity contribution is 6.30. The van der Waals surface area contributed by atoms with E-state index in [-0.39, 0.29) is 25.1 Å². The quantitative estimate of drug-likeness (QED) is 0.719. The topological polar surface area (TPSA) is 72.9 Å². The van der Waals surface area contributed by atoms with Crippen molar-refractivity contribution >= 4 is 40.8 Å². The molecule has 29 heavy (non-hydrogen) atoms. The Morgan fingerprint density at radius 3 is 2.31 bits per heavy atom. The molecule has 0 bridgehead atoms. The van der Waals surface area contributed by atoms with Gasteiger partial charge in [-0.2, -0.15) is 0 Å². The normalized spacial score (nSPS) is 16.0. The Hall–Kier alpha value is -2.28. The molecule has 3 amide bonds. The lowest BCUT2D eigenvalue weighted by molar-refractivity contribution is -0.136. The highest BCUT2D eigenvalue weighted by atomic mass is 35.5. The largest absolute Gasteiger partial charge is 0.395 e. The number of benzene rings is 2. The van der Waals surface area contributed by atoms with Gasteiger partial charge in [-0.25, -0.2) is 4.79 Å². The predicted molar refractivity (Wildman–Crippen MR) is 114 cm³/mol. The van der Waals surface area contributed by atoms with E-state index in [1.807, 2.05) is 12.1 Å². The number of hydrogen-bond donors (Lipinski definition) is 2. The number of amides is 3. The minimum atomic E-state index is -0.554. The molecule has 2 N–H and O–H groups in total. The summed E-state index contributed by atoms with van der Waals surface area (Å²) >= 11 is 11.8. The van der Waals surface area contributed by atoms with E-state index in [2.05, 4.69) is 5.32 Å². The molecule has 1 aliphatic heterocycles. The van der Waals surface area contributed by atoms with Gasteiger partial charge >= 0.3 is 6.03 Å². The number of likely N-dealkylation sites (tertiary alicyclic amines) is 1. The Morgan fingerprint density at radius 2 is 1.69 bits per heavy atom. The molecule has 1 saturated heterocycles. The summed E-state index contributed by atoms with van der Waals surface area (Å²) in [5.74, 6) is -0.169. The summed E-state index contributed by atoms with van der Waals surface area (Å²) in [7, 11) is 0. The van der Waals surface area contributed by atoms with Crippen LogP contribution in [0.5, 0.6) is 0 Å². The van der Waals surface area contributed by atoms with Gasteiger partial charge in [-0.3, -0.25) is 4.79 Å². The van der Waals surface area contributed by atoms with Gasteiger partial charge in [0.05, 0.1) is 6.61 Å². The van der Waals surface area contributed by atoms with Crippen LogP contribution in [0.25, 0.3) is 0 Å². The van der Waals surface area contributed by atoms with Gasteiger partial charge in [0.15, 0.2) is 0 Å².